The highest BCUT2D eigenvalue weighted by Crippen LogP contribution is 2.56. The quantitative estimate of drug-likeness (QED) is 0.564. The molecule has 0 atom stereocenters. The molecular formula is C9H10F8N2. The standard InChI is InChI=1S/C9H10F8N2/c1-3-19(4-2)5-6(10,11)7(12,13)8(14,15)9(16,17)18-5/h3-4H2,1-2H3. The molecule has 0 fully saturated rings. The lowest BCUT2D eigenvalue weighted by Crippen LogP contribution is -2.70. The number of hydrogen-bond acceptors (Lipinski definition) is 2. The molecule has 0 aliphatic carbocycles. The van der Waals surface area contributed by atoms with Gasteiger partial charge in [0, 0.05) is 13.1 Å². The van der Waals surface area contributed by atoms with Gasteiger partial charge in [0.25, 0.3) is 0 Å². The minimum Gasteiger partial charge on any atom is -0.356 e. The van der Waals surface area contributed by atoms with Crippen molar-refractivity contribution in [1.29, 1.82) is 0 Å². The SMILES string of the molecule is CCN(CC)C1=NC(F)(F)C(F)(F)C(F)(F)C1(F)F. The smallest absolute Gasteiger partial charge is 0.356 e. The van der Waals surface area contributed by atoms with Crippen molar-refractivity contribution in [1.82, 2.24) is 4.90 Å². The van der Waals surface area contributed by atoms with Crippen molar-refractivity contribution in [2.24, 2.45) is 4.99 Å². The minimum atomic E-state index is -6.26. The van der Waals surface area contributed by atoms with Gasteiger partial charge in [-0.3, -0.25) is 0 Å². The van der Waals surface area contributed by atoms with E-state index in [2.05, 4.69) is 0 Å². The molecule has 19 heavy (non-hydrogen) atoms. The van der Waals surface area contributed by atoms with Crippen molar-refractivity contribution in [2.45, 2.75) is 37.7 Å². The van der Waals surface area contributed by atoms with Crippen LogP contribution < -0.4 is 0 Å². The van der Waals surface area contributed by atoms with Crippen LogP contribution in [0.4, 0.5) is 35.1 Å². The number of halogens is 8. The molecule has 10 heteroatoms. The number of aliphatic imine (C=N–C) groups is 1. The number of hydrogen-bond donors (Lipinski definition) is 0. The third-order valence-electron chi connectivity index (χ3n) is 2.76. The molecule has 0 aromatic carbocycles. The van der Waals surface area contributed by atoms with Gasteiger partial charge in [0.1, 0.15) is 0 Å². The molecule has 1 aliphatic rings. The molecule has 0 N–H and O–H groups in total. The predicted molar refractivity (Wildman–Crippen MR) is 50.1 cm³/mol. The van der Waals surface area contributed by atoms with Crippen LogP contribution in [0.3, 0.4) is 0 Å². The fourth-order valence-electron chi connectivity index (χ4n) is 1.59. The highest BCUT2D eigenvalue weighted by atomic mass is 19.4. The van der Waals surface area contributed by atoms with E-state index in [9.17, 15) is 35.1 Å². The predicted octanol–water partition coefficient (Wildman–Crippen LogP) is 3.24. The van der Waals surface area contributed by atoms with E-state index in [1.807, 2.05) is 4.99 Å². The van der Waals surface area contributed by atoms with Gasteiger partial charge in [0.15, 0.2) is 5.84 Å². The van der Waals surface area contributed by atoms with Gasteiger partial charge < -0.3 is 4.90 Å². The van der Waals surface area contributed by atoms with Crippen LogP contribution in [0.15, 0.2) is 4.99 Å². The summed E-state index contributed by atoms with van der Waals surface area (Å²) < 4.78 is 104. The summed E-state index contributed by atoms with van der Waals surface area (Å²) in [5.74, 6) is -20.0. The van der Waals surface area contributed by atoms with Gasteiger partial charge in [0.05, 0.1) is 0 Å². The Morgan fingerprint density at radius 2 is 1.26 bits per heavy atom. The monoisotopic (exact) mass is 298 g/mol. The van der Waals surface area contributed by atoms with Crippen molar-refractivity contribution < 1.29 is 35.1 Å². The summed E-state index contributed by atoms with van der Waals surface area (Å²) in [6, 6.07) is -5.60. The normalized spacial score (nSPS) is 26.7. The van der Waals surface area contributed by atoms with Crippen LogP contribution in [0.2, 0.25) is 0 Å². The average molecular weight is 298 g/mol. The first kappa shape index (κ1) is 16.0. The summed E-state index contributed by atoms with van der Waals surface area (Å²) in [6.07, 6.45) is 0. The summed E-state index contributed by atoms with van der Waals surface area (Å²) in [7, 11) is 0. The fourth-order valence-corrected chi connectivity index (χ4v) is 1.59. The zero-order valence-corrected chi connectivity index (χ0v) is 9.83. The Labute approximate surface area is 103 Å². The van der Waals surface area contributed by atoms with Crippen LogP contribution in [0.1, 0.15) is 13.8 Å². The first-order chi connectivity index (χ1) is 8.36. The van der Waals surface area contributed by atoms with E-state index in [-0.39, 0.29) is 13.1 Å². The van der Waals surface area contributed by atoms with Crippen LogP contribution >= 0.6 is 0 Å². The second-order valence-electron chi connectivity index (χ2n) is 3.87. The number of rotatable bonds is 2. The Morgan fingerprint density at radius 3 is 1.63 bits per heavy atom. The third-order valence-corrected chi connectivity index (χ3v) is 2.76. The molecule has 0 bridgehead atoms. The molecule has 112 valence electrons. The van der Waals surface area contributed by atoms with Gasteiger partial charge in [-0.2, -0.15) is 40.1 Å². The maximum atomic E-state index is 13.4. The van der Waals surface area contributed by atoms with Crippen molar-refractivity contribution >= 4 is 5.84 Å². The Hall–Kier alpha value is -1.09. The Morgan fingerprint density at radius 1 is 0.842 bits per heavy atom. The molecular weight excluding hydrogens is 288 g/mol. The van der Waals surface area contributed by atoms with Crippen molar-refractivity contribution in [3.8, 4) is 0 Å². The van der Waals surface area contributed by atoms with E-state index in [0.717, 1.165) is 0 Å². The highest BCUT2D eigenvalue weighted by Gasteiger charge is 2.85. The Balaban J connectivity index is 3.53. The third kappa shape index (κ3) is 1.86. The van der Waals surface area contributed by atoms with E-state index in [4.69, 9.17) is 0 Å². The lowest BCUT2D eigenvalue weighted by Gasteiger charge is -2.42. The van der Waals surface area contributed by atoms with E-state index in [0.29, 0.717) is 4.90 Å². The zero-order chi connectivity index (χ0) is 15.3. The van der Waals surface area contributed by atoms with Gasteiger partial charge in [-0.1, -0.05) is 0 Å². The molecule has 0 spiro atoms. The maximum absolute atomic E-state index is 13.4. The molecule has 0 aromatic heterocycles. The second kappa shape index (κ2) is 4.20. The fraction of sp³-hybridized carbons (Fsp3) is 0.889. The molecule has 1 aliphatic heterocycles. The largest absolute Gasteiger partial charge is 0.413 e. The molecule has 1 heterocycles. The van der Waals surface area contributed by atoms with Gasteiger partial charge in [0.2, 0.25) is 0 Å². The first-order valence-corrected chi connectivity index (χ1v) is 5.23. The van der Waals surface area contributed by atoms with Crippen LogP contribution in [-0.4, -0.2) is 47.6 Å². The summed E-state index contributed by atoms with van der Waals surface area (Å²) >= 11 is 0. The van der Waals surface area contributed by atoms with Crippen molar-refractivity contribution in [2.75, 3.05) is 13.1 Å². The molecule has 0 saturated heterocycles. The minimum absolute atomic E-state index is 0.358. The number of amidine groups is 1. The molecule has 2 nitrogen and oxygen atoms in total. The lowest BCUT2D eigenvalue weighted by atomic mass is 9.97. The summed E-state index contributed by atoms with van der Waals surface area (Å²) in [5.41, 5.74) is 0. The molecule has 0 saturated carbocycles. The van der Waals surface area contributed by atoms with Gasteiger partial charge >= 0.3 is 23.8 Å². The molecule has 0 radical (unpaired) electrons. The summed E-state index contributed by atoms with van der Waals surface area (Å²) in [6.45, 7) is 1.71. The van der Waals surface area contributed by atoms with Gasteiger partial charge in [-0.25, -0.2) is 0 Å². The summed E-state index contributed by atoms with van der Waals surface area (Å²) in [4.78, 5) is 2.27. The van der Waals surface area contributed by atoms with E-state index < -0.39 is 29.6 Å². The number of alkyl halides is 8. The Bertz CT molecular complexity index is 386. The van der Waals surface area contributed by atoms with Gasteiger partial charge in [-0.05, 0) is 13.8 Å². The zero-order valence-electron chi connectivity index (χ0n) is 9.83. The van der Waals surface area contributed by atoms with Crippen LogP contribution in [-0.2, 0) is 0 Å². The highest BCUT2D eigenvalue weighted by molar-refractivity contribution is 5.91. The molecule has 1 rings (SSSR count). The van der Waals surface area contributed by atoms with E-state index >= 15 is 0 Å². The summed E-state index contributed by atoms with van der Waals surface area (Å²) in [5, 5.41) is 0. The van der Waals surface area contributed by atoms with Crippen LogP contribution in [0.25, 0.3) is 0 Å². The molecule has 0 unspecified atom stereocenters. The second-order valence-corrected chi connectivity index (χ2v) is 3.87. The van der Waals surface area contributed by atoms with Crippen molar-refractivity contribution in [3.05, 3.63) is 0 Å². The number of nitrogens with zero attached hydrogens (tertiary/aromatic N) is 2. The first-order valence-electron chi connectivity index (χ1n) is 5.23. The lowest BCUT2D eigenvalue weighted by molar-refractivity contribution is -0.359. The van der Waals surface area contributed by atoms with E-state index in [1.54, 1.807) is 0 Å². The van der Waals surface area contributed by atoms with Crippen LogP contribution in [0.5, 0.6) is 0 Å². The average Bonchev–Trinajstić information content (AvgIpc) is 2.26. The molecule has 0 amide bonds. The molecule has 0 aromatic rings. The van der Waals surface area contributed by atoms with Crippen LogP contribution in [0, 0.1) is 0 Å². The maximum Gasteiger partial charge on any atom is 0.413 e. The van der Waals surface area contributed by atoms with E-state index in [1.165, 1.54) is 13.8 Å². The topological polar surface area (TPSA) is 15.6 Å². The van der Waals surface area contributed by atoms with Crippen molar-refractivity contribution in [3.63, 3.8) is 0 Å². The Kier molecular flexibility index (Phi) is 3.53. The van der Waals surface area contributed by atoms with Gasteiger partial charge in [-0.15, -0.1) is 0 Å².